The molecular formula is C14H14F3NO5. The Hall–Kier alpha value is -2.29. The Kier molecular flexibility index (Phi) is 5.43. The number of carbonyl (C=O) groups is 2. The summed E-state index contributed by atoms with van der Waals surface area (Å²) in [6.07, 6.45) is -4.10. The average molecular weight is 333 g/mol. The van der Waals surface area contributed by atoms with Gasteiger partial charge in [-0.05, 0) is 37.1 Å². The highest BCUT2D eigenvalue weighted by atomic mass is 19.4. The van der Waals surface area contributed by atoms with Crippen molar-refractivity contribution in [3.63, 3.8) is 0 Å². The second-order valence-electron chi connectivity index (χ2n) is 4.73. The maximum Gasteiger partial charge on any atom is 0.573 e. The van der Waals surface area contributed by atoms with Crippen LogP contribution in [-0.2, 0) is 19.1 Å². The van der Waals surface area contributed by atoms with Gasteiger partial charge in [0.25, 0.3) is 5.91 Å². The Balaban J connectivity index is 1.77. The van der Waals surface area contributed by atoms with Crippen LogP contribution in [0.2, 0.25) is 0 Å². The van der Waals surface area contributed by atoms with E-state index in [4.69, 9.17) is 9.47 Å². The SMILES string of the molecule is O=C(COC(=O)[C@H]1CCCO1)Nc1ccc(OC(F)(F)F)cc1. The molecule has 1 atom stereocenters. The summed E-state index contributed by atoms with van der Waals surface area (Å²) in [6, 6.07) is 4.59. The fraction of sp³-hybridized carbons (Fsp3) is 0.429. The van der Waals surface area contributed by atoms with Gasteiger partial charge in [-0.3, -0.25) is 4.79 Å². The largest absolute Gasteiger partial charge is 0.573 e. The van der Waals surface area contributed by atoms with E-state index < -0.39 is 36.7 Å². The molecule has 126 valence electrons. The minimum Gasteiger partial charge on any atom is -0.454 e. The molecule has 9 heteroatoms. The number of hydrogen-bond acceptors (Lipinski definition) is 5. The first-order valence-electron chi connectivity index (χ1n) is 6.77. The molecule has 0 bridgehead atoms. The van der Waals surface area contributed by atoms with Crippen LogP contribution < -0.4 is 10.1 Å². The molecule has 1 aliphatic rings. The smallest absolute Gasteiger partial charge is 0.454 e. The van der Waals surface area contributed by atoms with Gasteiger partial charge >= 0.3 is 12.3 Å². The van der Waals surface area contributed by atoms with Crippen molar-refractivity contribution < 1.29 is 37.0 Å². The maximum absolute atomic E-state index is 12.0. The van der Waals surface area contributed by atoms with Crippen LogP contribution >= 0.6 is 0 Å². The van der Waals surface area contributed by atoms with Gasteiger partial charge in [0.1, 0.15) is 5.75 Å². The molecule has 1 fully saturated rings. The summed E-state index contributed by atoms with van der Waals surface area (Å²) in [5.74, 6) is -1.62. The predicted molar refractivity (Wildman–Crippen MR) is 71.7 cm³/mol. The molecule has 1 aromatic carbocycles. The van der Waals surface area contributed by atoms with Crippen molar-refractivity contribution in [3.05, 3.63) is 24.3 Å². The third-order valence-corrected chi connectivity index (χ3v) is 2.91. The summed E-state index contributed by atoms with van der Waals surface area (Å²) in [5, 5.41) is 2.38. The standard InChI is InChI=1S/C14H14F3NO5/c15-14(16,17)23-10-5-3-9(4-6-10)18-12(19)8-22-13(20)11-2-1-7-21-11/h3-6,11H,1-2,7-8H2,(H,18,19)/t11-/m1/s1. The van der Waals surface area contributed by atoms with E-state index in [-0.39, 0.29) is 5.69 Å². The van der Waals surface area contributed by atoms with Gasteiger partial charge in [0.05, 0.1) is 0 Å². The molecular weight excluding hydrogens is 319 g/mol. The molecule has 23 heavy (non-hydrogen) atoms. The van der Waals surface area contributed by atoms with Crippen molar-refractivity contribution in [3.8, 4) is 5.75 Å². The molecule has 0 aromatic heterocycles. The molecule has 0 radical (unpaired) electrons. The van der Waals surface area contributed by atoms with Gasteiger partial charge in [0.2, 0.25) is 0 Å². The molecule has 0 spiro atoms. The van der Waals surface area contributed by atoms with Gasteiger partial charge < -0.3 is 19.5 Å². The Morgan fingerprint density at radius 3 is 2.52 bits per heavy atom. The highest BCUT2D eigenvalue weighted by Crippen LogP contribution is 2.23. The van der Waals surface area contributed by atoms with E-state index in [1.54, 1.807) is 0 Å². The van der Waals surface area contributed by atoms with Crippen LogP contribution in [0.15, 0.2) is 24.3 Å². The molecule has 0 aliphatic carbocycles. The number of ether oxygens (including phenoxy) is 3. The van der Waals surface area contributed by atoms with Crippen molar-refractivity contribution in [2.45, 2.75) is 25.3 Å². The Bertz CT molecular complexity index is 553. The quantitative estimate of drug-likeness (QED) is 0.837. The number of halogens is 3. The molecule has 1 heterocycles. The first-order valence-corrected chi connectivity index (χ1v) is 6.77. The van der Waals surface area contributed by atoms with Gasteiger partial charge in [0.15, 0.2) is 12.7 Å². The Morgan fingerprint density at radius 2 is 1.96 bits per heavy atom. The topological polar surface area (TPSA) is 73.9 Å². The first kappa shape index (κ1) is 17.1. The van der Waals surface area contributed by atoms with Crippen LogP contribution in [0.3, 0.4) is 0 Å². The molecule has 1 amide bonds. The summed E-state index contributed by atoms with van der Waals surface area (Å²) in [7, 11) is 0. The summed E-state index contributed by atoms with van der Waals surface area (Å²) in [6.45, 7) is -0.0161. The van der Waals surface area contributed by atoms with Gasteiger partial charge in [-0.25, -0.2) is 4.79 Å². The third-order valence-electron chi connectivity index (χ3n) is 2.91. The van der Waals surface area contributed by atoms with E-state index in [1.165, 1.54) is 12.1 Å². The number of alkyl halides is 3. The number of rotatable bonds is 5. The van der Waals surface area contributed by atoms with Crippen LogP contribution in [0.5, 0.6) is 5.75 Å². The van der Waals surface area contributed by atoms with E-state index in [0.29, 0.717) is 13.0 Å². The lowest BCUT2D eigenvalue weighted by molar-refractivity contribution is -0.274. The monoisotopic (exact) mass is 333 g/mol. The number of amides is 1. The van der Waals surface area contributed by atoms with Crippen LogP contribution in [0.1, 0.15) is 12.8 Å². The lowest BCUT2D eigenvalue weighted by Crippen LogP contribution is -2.27. The van der Waals surface area contributed by atoms with Gasteiger partial charge in [-0.2, -0.15) is 0 Å². The number of nitrogens with one attached hydrogen (secondary N) is 1. The van der Waals surface area contributed by atoms with E-state index in [2.05, 4.69) is 10.1 Å². The van der Waals surface area contributed by atoms with Gasteiger partial charge in [-0.1, -0.05) is 0 Å². The molecule has 1 N–H and O–H groups in total. The highest BCUT2D eigenvalue weighted by molar-refractivity contribution is 5.93. The summed E-state index contributed by atoms with van der Waals surface area (Å²) in [4.78, 5) is 23.1. The highest BCUT2D eigenvalue weighted by Gasteiger charge is 2.31. The van der Waals surface area contributed by atoms with E-state index >= 15 is 0 Å². The molecule has 2 rings (SSSR count). The van der Waals surface area contributed by atoms with E-state index in [1.807, 2.05) is 0 Å². The van der Waals surface area contributed by atoms with Crippen molar-refractivity contribution in [2.75, 3.05) is 18.5 Å². The molecule has 1 aliphatic heterocycles. The van der Waals surface area contributed by atoms with Crippen LogP contribution in [0, 0.1) is 0 Å². The fourth-order valence-electron chi connectivity index (χ4n) is 1.93. The molecule has 1 saturated heterocycles. The van der Waals surface area contributed by atoms with Crippen LogP contribution in [0.4, 0.5) is 18.9 Å². The normalized spacial score (nSPS) is 17.6. The maximum atomic E-state index is 12.0. The van der Waals surface area contributed by atoms with Crippen molar-refractivity contribution >= 4 is 17.6 Å². The molecule has 1 aromatic rings. The minimum atomic E-state index is -4.78. The minimum absolute atomic E-state index is 0.248. The van der Waals surface area contributed by atoms with E-state index in [0.717, 1.165) is 18.6 Å². The van der Waals surface area contributed by atoms with Crippen molar-refractivity contribution in [2.24, 2.45) is 0 Å². The summed E-state index contributed by atoms with van der Waals surface area (Å²) < 4.78 is 49.6. The summed E-state index contributed by atoms with van der Waals surface area (Å²) >= 11 is 0. The fourth-order valence-corrected chi connectivity index (χ4v) is 1.93. The number of hydrogen-bond donors (Lipinski definition) is 1. The zero-order valence-corrected chi connectivity index (χ0v) is 11.9. The first-order chi connectivity index (χ1) is 10.8. The van der Waals surface area contributed by atoms with Gasteiger partial charge in [0, 0.05) is 12.3 Å². The predicted octanol–water partition coefficient (Wildman–Crippen LogP) is 2.25. The van der Waals surface area contributed by atoms with Crippen LogP contribution in [-0.4, -0.2) is 37.6 Å². The zero-order valence-electron chi connectivity index (χ0n) is 11.9. The molecule has 0 saturated carbocycles. The van der Waals surface area contributed by atoms with Crippen molar-refractivity contribution in [1.82, 2.24) is 0 Å². The number of benzene rings is 1. The third kappa shape index (κ3) is 5.78. The summed E-state index contributed by atoms with van der Waals surface area (Å²) in [5.41, 5.74) is 0.248. The second kappa shape index (κ2) is 7.32. The second-order valence-corrected chi connectivity index (χ2v) is 4.73. The number of carbonyl (C=O) groups excluding carboxylic acids is 2. The van der Waals surface area contributed by atoms with E-state index in [9.17, 15) is 22.8 Å². The lowest BCUT2D eigenvalue weighted by Gasteiger charge is -2.11. The average Bonchev–Trinajstić information content (AvgIpc) is 2.99. The number of anilines is 1. The van der Waals surface area contributed by atoms with Crippen LogP contribution in [0.25, 0.3) is 0 Å². The van der Waals surface area contributed by atoms with Gasteiger partial charge in [-0.15, -0.1) is 13.2 Å². The number of esters is 1. The lowest BCUT2D eigenvalue weighted by atomic mass is 10.2. The Morgan fingerprint density at radius 1 is 1.26 bits per heavy atom. The van der Waals surface area contributed by atoms with Crippen molar-refractivity contribution in [1.29, 1.82) is 0 Å². The molecule has 0 unspecified atom stereocenters. The Labute approximate surface area is 129 Å². The molecule has 6 nitrogen and oxygen atoms in total. The zero-order chi connectivity index (χ0) is 16.9.